The van der Waals surface area contributed by atoms with Gasteiger partial charge in [-0.05, 0) is 207 Å². The number of hydrogen-bond donors (Lipinski definition) is 0. The molecule has 8 aromatic rings. The molecule has 0 bridgehead atoms. The predicted octanol–water partition coefficient (Wildman–Crippen LogP) is 28.1. The zero-order valence-electron chi connectivity index (χ0n) is 58.1. The summed E-state index contributed by atoms with van der Waals surface area (Å²) in [6.45, 7) is 28.3. The Bertz CT molecular complexity index is 3420. The maximum absolute atomic E-state index is 2.72. The molecule has 0 N–H and O–H groups in total. The van der Waals surface area contributed by atoms with Crippen LogP contribution in [0.25, 0.3) is 33.4 Å². The van der Waals surface area contributed by atoms with Gasteiger partial charge in [0.15, 0.2) is 0 Å². The Morgan fingerprint density at radius 3 is 1.04 bits per heavy atom. The lowest BCUT2D eigenvalue weighted by atomic mass is 9.69. The third-order valence-corrected chi connectivity index (χ3v) is 21.2. The summed E-state index contributed by atoms with van der Waals surface area (Å²) in [7, 11) is 0. The number of hydrogen-bond acceptors (Lipinski definition) is 2. The van der Waals surface area contributed by atoms with Gasteiger partial charge in [-0.3, -0.25) is 0 Å². The minimum atomic E-state index is 0.0101. The molecule has 476 valence electrons. The summed E-state index contributed by atoms with van der Waals surface area (Å²) in [6.07, 6.45) is 29.3. The number of fused-ring (bicyclic) bond motifs is 3. The van der Waals surface area contributed by atoms with Crippen molar-refractivity contribution in [3.8, 4) is 33.4 Å². The van der Waals surface area contributed by atoms with E-state index in [9.17, 15) is 0 Å². The van der Waals surface area contributed by atoms with E-state index < -0.39 is 0 Å². The molecule has 0 heterocycles. The number of unbranched alkanes of at least 4 members (excludes halogenated alkanes) is 13. The number of rotatable bonds is 35. The highest BCUT2D eigenvalue weighted by Gasteiger charge is 2.43. The SMILES string of the molecule is CCCCCCCCC1(CCCCCCCC)c2cc(-c3ccc(N(c4ccc(-c5ccc(N(c6ccc(C(C)CC)cc6)c6ccc(C(C)(C)CCCC)cc6)cc5)cc4)c4ccc(C(C)CC)cc4)cc3)ccc2-c2ccc(C(C)(C)CCCCC)cc21. The fourth-order valence-electron chi connectivity index (χ4n) is 14.6. The van der Waals surface area contributed by atoms with Crippen LogP contribution in [0.1, 0.15) is 276 Å². The van der Waals surface area contributed by atoms with Crippen molar-refractivity contribution in [1.82, 2.24) is 0 Å². The zero-order chi connectivity index (χ0) is 63.7. The molecule has 2 atom stereocenters. The molecule has 0 saturated heterocycles. The van der Waals surface area contributed by atoms with E-state index in [4.69, 9.17) is 0 Å². The summed E-state index contributed by atoms with van der Waals surface area (Å²) in [5.41, 5.74) is 24.1. The van der Waals surface area contributed by atoms with Crippen molar-refractivity contribution in [2.45, 2.75) is 259 Å². The summed E-state index contributed by atoms with van der Waals surface area (Å²) in [6, 6.07) is 71.3. The highest BCUT2D eigenvalue weighted by atomic mass is 15.1. The molecule has 0 spiro atoms. The van der Waals surface area contributed by atoms with Crippen LogP contribution >= 0.6 is 0 Å². The first kappa shape index (κ1) is 67.7. The van der Waals surface area contributed by atoms with Crippen LogP contribution in [-0.2, 0) is 16.2 Å². The molecule has 90 heavy (non-hydrogen) atoms. The van der Waals surface area contributed by atoms with Crippen LogP contribution in [-0.4, -0.2) is 0 Å². The van der Waals surface area contributed by atoms with Gasteiger partial charge in [0.2, 0.25) is 0 Å². The highest BCUT2D eigenvalue weighted by molar-refractivity contribution is 5.86. The van der Waals surface area contributed by atoms with Gasteiger partial charge in [0.05, 0.1) is 0 Å². The van der Waals surface area contributed by atoms with Crippen molar-refractivity contribution in [2.24, 2.45) is 0 Å². The Hall–Kier alpha value is -6.64. The van der Waals surface area contributed by atoms with Crippen LogP contribution in [0.5, 0.6) is 0 Å². The maximum Gasteiger partial charge on any atom is 0.0462 e. The highest BCUT2D eigenvalue weighted by Crippen LogP contribution is 2.56. The quantitative estimate of drug-likeness (QED) is 0.0365. The summed E-state index contributed by atoms with van der Waals surface area (Å²) in [5.74, 6) is 1.03. The molecule has 0 amide bonds. The van der Waals surface area contributed by atoms with E-state index in [1.807, 2.05) is 0 Å². The van der Waals surface area contributed by atoms with Crippen LogP contribution in [0.4, 0.5) is 34.1 Å². The van der Waals surface area contributed by atoms with Crippen molar-refractivity contribution >= 4 is 34.1 Å². The van der Waals surface area contributed by atoms with Crippen molar-refractivity contribution in [1.29, 1.82) is 0 Å². The van der Waals surface area contributed by atoms with Crippen molar-refractivity contribution < 1.29 is 0 Å². The second-order valence-electron chi connectivity index (χ2n) is 28.6. The summed E-state index contributed by atoms with van der Waals surface area (Å²) in [5, 5.41) is 0. The molecular formula is C88H114N2. The molecule has 9 rings (SSSR count). The fraction of sp³-hybridized carbons (Fsp3) is 0.455. The fourth-order valence-corrected chi connectivity index (χ4v) is 14.6. The molecular weight excluding hydrogens is 1080 g/mol. The van der Waals surface area contributed by atoms with Crippen molar-refractivity contribution in [2.75, 3.05) is 9.80 Å². The van der Waals surface area contributed by atoms with E-state index in [2.05, 4.69) is 275 Å². The van der Waals surface area contributed by atoms with Crippen molar-refractivity contribution in [3.63, 3.8) is 0 Å². The Balaban J connectivity index is 1.04. The molecule has 2 heteroatoms. The minimum absolute atomic E-state index is 0.0101. The first-order valence-corrected chi connectivity index (χ1v) is 36.2. The largest absolute Gasteiger partial charge is 0.311 e. The molecule has 1 aliphatic carbocycles. The van der Waals surface area contributed by atoms with Crippen LogP contribution in [0, 0.1) is 0 Å². The zero-order valence-corrected chi connectivity index (χ0v) is 58.1. The second kappa shape index (κ2) is 32.1. The lowest BCUT2D eigenvalue weighted by Gasteiger charge is -2.35. The Morgan fingerprint density at radius 2 is 0.622 bits per heavy atom. The third kappa shape index (κ3) is 16.2. The monoisotopic (exact) mass is 1200 g/mol. The van der Waals surface area contributed by atoms with Gasteiger partial charge < -0.3 is 9.80 Å². The number of anilines is 6. The topological polar surface area (TPSA) is 6.48 Å². The van der Waals surface area contributed by atoms with Crippen LogP contribution < -0.4 is 9.80 Å². The third-order valence-electron chi connectivity index (χ3n) is 21.2. The van der Waals surface area contributed by atoms with Gasteiger partial charge >= 0.3 is 0 Å². The normalized spacial score (nSPS) is 13.5. The van der Waals surface area contributed by atoms with Gasteiger partial charge in [-0.25, -0.2) is 0 Å². The van der Waals surface area contributed by atoms with Gasteiger partial charge in [0, 0.05) is 39.5 Å². The molecule has 0 radical (unpaired) electrons. The average molecular weight is 1200 g/mol. The predicted molar refractivity (Wildman–Crippen MR) is 396 cm³/mol. The molecule has 0 aromatic heterocycles. The summed E-state index contributed by atoms with van der Waals surface area (Å²) in [4.78, 5) is 4.87. The molecule has 2 unspecified atom stereocenters. The van der Waals surface area contributed by atoms with E-state index in [-0.39, 0.29) is 16.2 Å². The lowest BCUT2D eigenvalue weighted by Crippen LogP contribution is -2.27. The van der Waals surface area contributed by atoms with Gasteiger partial charge in [-0.2, -0.15) is 0 Å². The van der Waals surface area contributed by atoms with E-state index >= 15 is 0 Å². The van der Waals surface area contributed by atoms with Gasteiger partial charge in [0.1, 0.15) is 0 Å². The molecule has 0 saturated carbocycles. The molecule has 0 fully saturated rings. The van der Waals surface area contributed by atoms with Gasteiger partial charge in [-0.1, -0.05) is 295 Å². The molecule has 0 aliphatic heterocycles. The second-order valence-corrected chi connectivity index (χ2v) is 28.6. The van der Waals surface area contributed by atoms with E-state index in [0.29, 0.717) is 11.8 Å². The van der Waals surface area contributed by atoms with Crippen LogP contribution in [0.2, 0.25) is 0 Å². The molecule has 8 aromatic carbocycles. The first-order valence-electron chi connectivity index (χ1n) is 36.2. The standard InChI is InChI=1S/C88H114N2/c1-13-19-23-25-27-30-62-88(63-31-28-26-24-20-14-2)84-64-73(42-58-82(84)83-59-45-75(65-85(83)88)87(11,12)61-29-21-15-3)72-40-54-80(55-41-72)89(76-46-32-68(33-47-76)66(7)17-5)78-50-36-70(37-51-78)71-38-52-79(53-39-71)90(77-48-34-69(35-49-77)67(8)18-6)81-56-43-74(44-57-81)86(9,10)60-22-16-4/h32-59,64-67H,13-31,60-63H2,1-12H3. The minimum Gasteiger partial charge on any atom is -0.311 e. The average Bonchev–Trinajstić information content (AvgIpc) is 1.56. The van der Waals surface area contributed by atoms with E-state index in [1.165, 1.54) is 208 Å². The Morgan fingerprint density at radius 1 is 0.311 bits per heavy atom. The van der Waals surface area contributed by atoms with E-state index in [1.54, 1.807) is 11.1 Å². The maximum atomic E-state index is 2.72. The Labute approximate surface area is 548 Å². The van der Waals surface area contributed by atoms with Crippen molar-refractivity contribution in [3.05, 3.63) is 215 Å². The van der Waals surface area contributed by atoms with Crippen LogP contribution in [0.15, 0.2) is 182 Å². The smallest absolute Gasteiger partial charge is 0.0462 e. The van der Waals surface area contributed by atoms with Gasteiger partial charge in [-0.15, -0.1) is 0 Å². The Kier molecular flexibility index (Phi) is 24.1. The number of benzene rings is 8. The van der Waals surface area contributed by atoms with Crippen LogP contribution in [0.3, 0.4) is 0 Å². The molecule has 2 nitrogen and oxygen atoms in total. The summed E-state index contributed by atoms with van der Waals surface area (Å²) >= 11 is 0. The van der Waals surface area contributed by atoms with E-state index in [0.717, 1.165) is 29.9 Å². The lowest BCUT2D eigenvalue weighted by molar-refractivity contribution is 0.396. The van der Waals surface area contributed by atoms with Gasteiger partial charge in [0.25, 0.3) is 0 Å². The summed E-state index contributed by atoms with van der Waals surface area (Å²) < 4.78 is 0. The number of nitrogens with zero attached hydrogens (tertiary/aromatic N) is 2. The first-order chi connectivity index (χ1) is 43.7. The molecule has 1 aliphatic rings.